The third kappa shape index (κ3) is 4.78. The number of hydrogen-bond donors (Lipinski definition) is 1. The smallest absolute Gasteiger partial charge is 0.260 e. The highest BCUT2D eigenvalue weighted by atomic mass is 16.5. The molecule has 1 N–H and O–H groups in total. The van der Waals surface area contributed by atoms with Crippen molar-refractivity contribution in [3.63, 3.8) is 0 Å². The molecule has 0 bridgehead atoms. The number of para-hydroxylation sites is 1. The summed E-state index contributed by atoms with van der Waals surface area (Å²) in [5, 5.41) is 2.87. The summed E-state index contributed by atoms with van der Waals surface area (Å²) in [6.07, 6.45) is 4.20. The van der Waals surface area contributed by atoms with Crippen molar-refractivity contribution in [2.24, 2.45) is 0 Å². The first-order valence-corrected chi connectivity index (χ1v) is 9.38. The fraction of sp³-hybridized carbons (Fsp3) is 0.409. The molecule has 3 rings (SSSR count). The summed E-state index contributed by atoms with van der Waals surface area (Å²) in [4.78, 5) is 12.2. The van der Waals surface area contributed by atoms with Crippen LogP contribution < -0.4 is 14.8 Å². The molecule has 0 radical (unpaired) electrons. The summed E-state index contributed by atoms with van der Waals surface area (Å²) in [5.74, 6) is 1.49. The van der Waals surface area contributed by atoms with Gasteiger partial charge in [-0.05, 0) is 74.4 Å². The lowest BCUT2D eigenvalue weighted by Crippen LogP contribution is -2.38. The highest BCUT2D eigenvalue weighted by Gasteiger charge is 2.16. The number of amides is 1. The van der Waals surface area contributed by atoms with Crippen molar-refractivity contribution in [3.8, 4) is 11.5 Å². The number of fused-ring (bicyclic) bond motifs is 1. The van der Waals surface area contributed by atoms with Gasteiger partial charge in [0.25, 0.3) is 5.91 Å². The fourth-order valence-electron chi connectivity index (χ4n) is 3.24. The molecule has 0 spiro atoms. The number of carbonyl (C=O) groups excluding carboxylic acids is 1. The van der Waals surface area contributed by atoms with Gasteiger partial charge in [0.15, 0.2) is 6.10 Å². The molecule has 1 amide bonds. The molecule has 0 aliphatic heterocycles. The third-order valence-corrected chi connectivity index (χ3v) is 4.75. The number of rotatable bonds is 7. The summed E-state index contributed by atoms with van der Waals surface area (Å²) in [6.45, 7) is 4.66. The molecule has 1 atom stereocenters. The lowest BCUT2D eigenvalue weighted by Gasteiger charge is -2.19. The van der Waals surface area contributed by atoms with Crippen molar-refractivity contribution < 1.29 is 14.3 Å². The summed E-state index contributed by atoms with van der Waals surface area (Å²) < 4.78 is 11.5. The second kappa shape index (κ2) is 8.75. The van der Waals surface area contributed by atoms with E-state index in [9.17, 15) is 4.79 Å². The van der Waals surface area contributed by atoms with Crippen LogP contribution in [0.3, 0.4) is 0 Å². The van der Waals surface area contributed by atoms with E-state index in [1.54, 1.807) is 6.92 Å². The van der Waals surface area contributed by atoms with Crippen LogP contribution in [0.4, 0.5) is 0 Å². The molecule has 2 aromatic rings. The van der Waals surface area contributed by atoms with Crippen LogP contribution in [-0.4, -0.2) is 25.2 Å². The number of carbonyl (C=O) groups is 1. The Labute approximate surface area is 155 Å². The molecule has 0 aromatic heterocycles. The summed E-state index contributed by atoms with van der Waals surface area (Å²) in [7, 11) is 0. The Balaban J connectivity index is 1.44. The standard InChI is InChI=1S/C22H27NO3/c1-16-7-3-6-10-21(16)25-14-13-23-22(24)17(2)26-20-12-11-18-8-4-5-9-19(18)15-20/h3,6-7,10-12,15,17H,4-5,8-9,13-14H2,1-2H3,(H,23,24)/t17-/m0/s1. The van der Waals surface area contributed by atoms with E-state index in [0.717, 1.165) is 29.9 Å². The maximum Gasteiger partial charge on any atom is 0.260 e. The van der Waals surface area contributed by atoms with E-state index in [1.807, 2.05) is 37.3 Å². The second-order valence-corrected chi connectivity index (χ2v) is 6.80. The van der Waals surface area contributed by atoms with Crippen LogP contribution in [0.25, 0.3) is 0 Å². The monoisotopic (exact) mass is 353 g/mol. The van der Waals surface area contributed by atoms with Crippen LogP contribution in [0.2, 0.25) is 0 Å². The number of nitrogens with one attached hydrogen (secondary N) is 1. The van der Waals surface area contributed by atoms with E-state index in [-0.39, 0.29) is 5.91 Å². The van der Waals surface area contributed by atoms with Crippen molar-refractivity contribution in [1.29, 1.82) is 0 Å². The highest BCUT2D eigenvalue weighted by molar-refractivity contribution is 5.80. The van der Waals surface area contributed by atoms with Crippen LogP contribution in [0.1, 0.15) is 36.5 Å². The van der Waals surface area contributed by atoms with Crippen molar-refractivity contribution in [2.45, 2.75) is 45.6 Å². The van der Waals surface area contributed by atoms with Gasteiger partial charge in [-0.2, -0.15) is 0 Å². The van der Waals surface area contributed by atoms with Gasteiger partial charge in [0.05, 0.1) is 6.54 Å². The molecule has 1 aliphatic rings. The van der Waals surface area contributed by atoms with E-state index in [1.165, 1.54) is 24.0 Å². The van der Waals surface area contributed by atoms with Crippen LogP contribution >= 0.6 is 0 Å². The SMILES string of the molecule is Cc1ccccc1OCCNC(=O)[C@H](C)Oc1ccc2c(c1)CCCC2. The van der Waals surface area contributed by atoms with Gasteiger partial charge in [-0.3, -0.25) is 4.79 Å². The quantitative estimate of drug-likeness (QED) is 0.770. The Kier molecular flexibility index (Phi) is 6.16. The maximum atomic E-state index is 12.2. The predicted molar refractivity (Wildman–Crippen MR) is 103 cm³/mol. The summed E-state index contributed by atoms with van der Waals surface area (Å²) in [6, 6.07) is 14.0. The lowest BCUT2D eigenvalue weighted by atomic mass is 9.92. The number of ether oxygens (including phenoxy) is 2. The average molecular weight is 353 g/mol. The molecule has 138 valence electrons. The van der Waals surface area contributed by atoms with Gasteiger partial charge in [-0.25, -0.2) is 0 Å². The molecule has 1 aliphatic carbocycles. The maximum absolute atomic E-state index is 12.2. The Hall–Kier alpha value is -2.49. The molecular weight excluding hydrogens is 326 g/mol. The Bertz CT molecular complexity index is 757. The second-order valence-electron chi connectivity index (χ2n) is 6.80. The topological polar surface area (TPSA) is 47.6 Å². The number of benzene rings is 2. The molecule has 0 saturated carbocycles. The first kappa shape index (κ1) is 18.3. The Morgan fingerprint density at radius 1 is 1.12 bits per heavy atom. The van der Waals surface area contributed by atoms with Crippen LogP contribution in [0.5, 0.6) is 11.5 Å². The largest absolute Gasteiger partial charge is 0.491 e. The molecule has 4 heteroatoms. The minimum absolute atomic E-state index is 0.129. The van der Waals surface area contributed by atoms with E-state index in [2.05, 4.69) is 17.4 Å². The van der Waals surface area contributed by atoms with Gasteiger partial charge in [0.1, 0.15) is 18.1 Å². The van der Waals surface area contributed by atoms with Crippen LogP contribution in [0, 0.1) is 6.92 Å². The molecule has 0 heterocycles. The first-order chi connectivity index (χ1) is 12.6. The van der Waals surface area contributed by atoms with Crippen molar-refractivity contribution in [1.82, 2.24) is 5.32 Å². The van der Waals surface area contributed by atoms with E-state index >= 15 is 0 Å². The van der Waals surface area contributed by atoms with Gasteiger partial charge in [0, 0.05) is 0 Å². The van der Waals surface area contributed by atoms with E-state index in [0.29, 0.717) is 13.2 Å². The highest BCUT2D eigenvalue weighted by Crippen LogP contribution is 2.25. The van der Waals surface area contributed by atoms with Gasteiger partial charge < -0.3 is 14.8 Å². The zero-order valence-electron chi connectivity index (χ0n) is 15.6. The van der Waals surface area contributed by atoms with Gasteiger partial charge in [-0.15, -0.1) is 0 Å². The van der Waals surface area contributed by atoms with Crippen LogP contribution in [-0.2, 0) is 17.6 Å². The van der Waals surface area contributed by atoms with E-state index in [4.69, 9.17) is 9.47 Å². The zero-order chi connectivity index (χ0) is 18.4. The Morgan fingerprint density at radius 3 is 2.69 bits per heavy atom. The molecular formula is C22H27NO3. The molecule has 0 fully saturated rings. The molecule has 0 saturated heterocycles. The van der Waals surface area contributed by atoms with Crippen molar-refractivity contribution >= 4 is 5.91 Å². The summed E-state index contributed by atoms with van der Waals surface area (Å²) in [5.41, 5.74) is 3.85. The number of hydrogen-bond acceptors (Lipinski definition) is 3. The normalized spacial score (nSPS) is 14.2. The molecule has 26 heavy (non-hydrogen) atoms. The van der Waals surface area contributed by atoms with Gasteiger partial charge in [-0.1, -0.05) is 24.3 Å². The van der Waals surface area contributed by atoms with E-state index < -0.39 is 6.10 Å². The first-order valence-electron chi connectivity index (χ1n) is 9.38. The van der Waals surface area contributed by atoms with Crippen LogP contribution in [0.15, 0.2) is 42.5 Å². The van der Waals surface area contributed by atoms with Crippen molar-refractivity contribution in [2.75, 3.05) is 13.2 Å². The molecule has 4 nitrogen and oxygen atoms in total. The number of aryl methyl sites for hydroxylation is 3. The lowest BCUT2D eigenvalue weighted by molar-refractivity contribution is -0.127. The fourth-order valence-corrected chi connectivity index (χ4v) is 3.24. The minimum Gasteiger partial charge on any atom is -0.491 e. The van der Waals surface area contributed by atoms with Crippen molar-refractivity contribution in [3.05, 3.63) is 59.2 Å². The average Bonchev–Trinajstić information content (AvgIpc) is 2.66. The zero-order valence-corrected chi connectivity index (χ0v) is 15.6. The third-order valence-electron chi connectivity index (χ3n) is 4.75. The van der Waals surface area contributed by atoms with Gasteiger partial charge in [0.2, 0.25) is 0 Å². The predicted octanol–water partition coefficient (Wildman–Crippen LogP) is 3.84. The minimum atomic E-state index is -0.532. The summed E-state index contributed by atoms with van der Waals surface area (Å²) >= 11 is 0. The van der Waals surface area contributed by atoms with Gasteiger partial charge >= 0.3 is 0 Å². The molecule has 0 unspecified atom stereocenters. The molecule has 2 aromatic carbocycles. The Morgan fingerprint density at radius 2 is 1.88 bits per heavy atom.